The largest absolute Gasteiger partial charge is 0.207 e. The standard InChI is InChI=1S/C21H26F2/c1-3-5-15-8-11-18-17(12-15)13-19(22)20(21(18)23)16-9-6-14(4-2)7-10-16/h4,8,13-14,16H,2-3,5-7,9-12H2,1H3. The van der Waals surface area contributed by atoms with Crippen molar-refractivity contribution in [3.63, 3.8) is 0 Å². The predicted octanol–water partition coefficient (Wildman–Crippen LogP) is 6.25. The summed E-state index contributed by atoms with van der Waals surface area (Å²) in [4.78, 5) is 0. The van der Waals surface area contributed by atoms with Crippen LogP contribution in [0.25, 0.3) is 0 Å². The number of hydrogen-bond donors (Lipinski definition) is 0. The second kappa shape index (κ2) is 6.98. The van der Waals surface area contributed by atoms with E-state index < -0.39 is 0 Å². The summed E-state index contributed by atoms with van der Waals surface area (Å²) in [6, 6.07) is 1.61. The quantitative estimate of drug-likeness (QED) is 0.576. The lowest BCUT2D eigenvalue weighted by Gasteiger charge is -2.29. The highest BCUT2D eigenvalue weighted by molar-refractivity contribution is 5.43. The van der Waals surface area contributed by atoms with Crippen LogP contribution in [0.1, 0.15) is 68.1 Å². The number of allylic oxidation sites excluding steroid dienone is 3. The second-order valence-corrected chi connectivity index (χ2v) is 7.06. The van der Waals surface area contributed by atoms with E-state index in [1.54, 1.807) is 6.07 Å². The Balaban J connectivity index is 1.87. The molecule has 0 aliphatic heterocycles. The number of hydrogen-bond acceptors (Lipinski definition) is 0. The lowest BCUT2D eigenvalue weighted by molar-refractivity contribution is 0.358. The number of halogens is 2. The Bertz CT molecular complexity index is 619. The summed E-state index contributed by atoms with van der Waals surface area (Å²) in [7, 11) is 0. The normalized spacial score (nSPS) is 24.0. The van der Waals surface area contributed by atoms with Gasteiger partial charge in [-0.05, 0) is 74.0 Å². The summed E-state index contributed by atoms with van der Waals surface area (Å²) >= 11 is 0. The van der Waals surface area contributed by atoms with E-state index >= 15 is 4.39 Å². The molecule has 0 bridgehead atoms. The van der Waals surface area contributed by atoms with Crippen molar-refractivity contribution in [2.75, 3.05) is 0 Å². The summed E-state index contributed by atoms with van der Waals surface area (Å²) in [6.45, 7) is 5.98. The van der Waals surface area contributed by atoms with Crippen LogP contribution in [0.2, 0.25) is 0 Å². The first-order valence-corrected chi connectivity index (χ1v) is 8.94. The fourth-order valence-corrected chi connectivity index (χ4v) is 4.20. The van der Waals surface area contributed by atoms with Gasteiger partial charge in [0.05, 0.1) is 0 Å². The van der Waals surface area contributed by atoms with Crippen LogP contribution in [-0.4, -0.2) is 0 Å². The maximum Gasteiger partial charge on any atom is 0.133 e. The molecule has 0 amide bonds. The Morgan fingerprint density at radius 3 is 2.61 bits per heavy atom. The molecular formula is C21H26F2. The Morgan fingerprint density at radius 1 is 1.22 bits per heavy atom. The van der Waals surface area contributed by atoms with Crippen LogP contribution < -0.4 is 0 Å². The first kappa shape index (κ1) is 16.4. The summed E-state index contributed by atoms with van der Waals surface area (Å²) in [5.74, 6) is -0.0676. The van der Waals surface area contributed by atoms with Gasteiger partial charge in [0, 0.05) is 5.56 Å². The summed E-state index contributed by atoms with van der Waals surface area (Å²) in [6.07, 6.45) is 11.3. The highest BCUT2D eigenvalue weighted by Gasteiger charge is 2.29. The zero-order valence-electron chi connectivity index (χ0n) is 14.0. The molecule has 0 saturated heterocycles. The third kappa shape index (κ3) is 3.27. The number of rotatable bonds is 4. The van der Waals surface area contributed by atoms with E-state index in [0.717, 1.165) is 49.7 Å². The van der Waals surface area contributed by atoms with Crippen molar-refractivity contribution < 1.29 is 8.78 Å². The molecule has 2 heteroatoms. The van der Waals surface area contributed by atoms with Crippen LogP contribution in [0.5, 0.6) is 0 Å². The molecule has 0 N–H and O–H groups in total. The molecule has 124 valence electrons. The first-order valence-electron chi connectivity index (χ1n) is 8.94. The van der Waals surface area contributed by atoms with Crippen molar-refractivity contribution >= 4 is 0 Å². The van der Waals surface area contributed by atoms with Gasteiger partial charge in [0.2, 0.25) is 0 Å². The van der Waals surface area contributed by atoms with Crippen molar-refractivity contribution in [3.8, 4) is 0 Å². The second-order valence-electron chi connectivity index (χ2n) is 7.06. The highest BCUT2D eigenvalue weighted by atomic mass is 19.1. The molecule has 2 aliphatic rings. The Kier molecular flexibility index (Phi) is 4.99. The Hall–Kier alpha value is -1.44. The van der Waals surface area contributed by atoms with Crippen LogP contribution in [0.15, 0.2) is 30.4 Å². The van der Waals surface area contributed by atoms with Gasteiger partial charge in [-0.2, -0.15) is 0 Å². The number of fused-ring (bicyclic) bond motifs is 1. The van der Waals surface area contributed by atoms with Crippen molar-refractivity contribution in [1.29, 1.82) is 0 Å². The molecule has 1 aromatic carbocycles. The van der Waals surface area contributed by atoms with Gasteiger partial charge in [0.1, 0.15) is 11.6 Å². The number of benzene rings is 1. The zero-order valence-corrected chi connectivity index (χ0v) is 14.0. The van der Waals surface area contributed by atoms with E-state index in [4.69, 9.17) is 0 Å². The van der Waals surface area contributed by atoms with Crippen LogP contribution >= 0.6 is 0 Å². The minimum absolute atomic E-state index is 0.0255. The summed E-state index contributed by atoms with van der Waals surface area (Å²) in [5.41, 5.74) is 3.25. The fourth-order valence-electron chi connectivity index (χ4n) is 4.20. The summed E-state index contributed by atoms with van der Waals surface area (Å²) in [5, 5.41) is 0. The molecule has 23 heavy (non-hydrogen) atoms. The lowest BCUT2D eigenvalue weighted by Crippen LogP contribution is -2.17. The molecule has 0 aromatic heterocycles. The van der Waals surface area contributed by atoms with E-state index in [0.29, 0.717) is 24.3 Å². The molecule has 0 heterocycles. The molecule has 0 atom stereocenters. The SMILES string of the molecule is C=CC1CCC(c2c(F)cc3c(c2F)CC=C(CCC)C3)CC1. The molecule has 1 fully saturated rings. The zero-order chi connectivity index (χ0) is 16.4. The molecule has 3 rings (SSSR count). The van der Waals surface area contributed by atoms with Gasteiger partial charge in [-0.1, -0.05) is 31.1 Å². The van der Waals surface area contributed by atoms with Crippen molar-refractivity contribution in [3.05, 3.63) is 58.7 Å². The average Bonchev–Trinajstić information content (AvgIpc) is 2.55. The van der Waals surface area contributed by atoms with E-state index in [2.05, 4.69) is 19.6 Å². The van der Waals surface area contributed by atoms with E-state index in [1.165, 1.54) is 5.57 Å². The van der Waals surface area contributed by atoms with Crippen LogP contribution in [0.3, 0.4) is 0 Å². The van der Waals surface area contributed by atoms with Crippen LogP contribution in [0.4, 0.5) is 8.78 Å². The molecule has 2 aliphatic carbocycles. The Morgan fingerprint density at radius 2 is 1.96 bits per heavy atom. The molecule has 1 aromatic rings. The molecule has 1 saturated carbocycles. The minimum Gasteiger partial charge on any atom is -0.207 e. The monoisotopic (exact) mass is 316 g/mol. The van der Waals surface area contributed by atoms with Gasteiger partial charge in [-0.15, -0.1) is 6.58 Å². The average molecular weight is 316 g/mol. The lowest BCUT2D eigenvalue weighted by atomic mass is 9.77. The van der Waals surface area contributed by atoms with Gasteiger partial charge in [-0.25, -0.2) is 8.78 Å². The molecule has 0 spiro atoms. The molecule has 0 nitrogen and oxygen atoms in total. The predicted molar refractivity (Wildman–Crippen MR) is 91.7 cm³/mol. The highest BCUT2D eigenvalue weighted by Crippen LogP contribution is 2.40. The topological polar surface area (TPSA) is 0 Å². The van der Waals surface area contributed by atoms with Gasteiger partial charge in [-0.3, -0.25) is 0 Å². The van der Waals surface area contributed by atoms with Crippen LogP contribution in [-0.2, 0) is 12.8 Å². The van der Waals surface area contributed by atoms with E-state index in [1.807, 2.05) is 6.08 Å². The first-order chi connectivity index (χ1) is 11.1. The minimum atomic E-state index is -0.332. The molecular weight excluding hydrogens is 290 g/mol. The van der Waals surface area contributed by atoms with Crippen LogP contribution in [0, 0.1) is 17.6 Å². The smallest absolute Gasteiger partial charge is 0.133 e. The van der Waals surface area contributed by atoms with Crippen molar-refractivity contribution in [2.45, 2.75) is 64.2 Å². The maximum atomic E-state index is 15.0. The Labute approximate surface area is 138 Å². The van der Waals surface area contributed by atoms with Gasteiger partial charge in [0.25, 0.3) is 0 Å². The molecule has 0 radical (unpaired) electrons. The molecule has 0 unspecified atom stereocenters. The van der Waals surface area contributed by atoms with Gasteiger partial charge >= 0.3 is 0 Å². The van der Waals surface area contributed by atoms with Crippen molar-refractivity contribution in [1.82, 2.24) is 0 Å². The van der Waals surface area contributed by atoms with Crippen molar-refractivity contribution in [2.24, 2.45) is 5.92 Å². The third-order valence-corrected chi connectivity index (χ3v) is 5.54. The van der Waals surface area contributed by atoms with E-state index in [-0.39, 0.29) is 17.6 Å². The maximum absolute atomic E-state index is 15.0. The third-order valence-electron chi connectivity index (χ3n) is 5.54. The van der Waals surface area contributed by atoms with Gasteiger partial charge in [0.15, 0.2) is 0 Å². The fraction of sp³-hybridized carbons (Fsp3) is 0.524. The van der Waals surface area contributed by atoms with E-state index in [9.17, 15) is 4.39 Å². The van der Waals surface area contributed by atoms with Gasteiger partial charge < -0.3 is 0 Å². The summed E-state index contributed by atoms with van der Waals surface area (Å²) < 4.78 is 29.6.